The number of hydrogen-bond acceptors (Lipinski definition) is 4. The standard InChI is InChI=1S/C19H18ClNO4/c1-11-3-4-12(19(23)24-2)9-16(11)21-18(22)14-7-13-8-15(20)5-6-17(13)25-10-14/h3-6,8-9,14H,7,10H2,1-2H3,(H,21,22). The molecule has 2 aromatic carbocycles. The zero-order valence-electron chi connectivity index (χ0n) is 14.0. The van der Waals surface area contributed by atoms with Crippen LogP contribution in [0, 0.1) is 12.8 Å². The number of halogens is 1. The van der Waals surface area contributed by atoms with Crippen molar-refractivity contribution in [1.29, 1.82) is 0 Å². The normalized spacial score (nSPS) is 15.7. The fraction of sp³-hybridized carbons (Fsp3) is 0.263. The Labute approximate surface area is 150 Å². The van der Waals surface area contributed by atoms with Crippen LogP contribution in [0.2, 0.25) is 5.02 Å². The van der Waals surface area contributed by atoms with Crippen molar-refractivity contribution in [2.75, 3.05) is 19.0 Å². The van der Waals surface area contributed by atoms with E-state index < -0.39 is 5.97 Å². The summed E-state index contributed by atoms with van der Waals surface area (Å²) in [5.74, 6) is -0.166. The van der Waals surface area contributed by atoms with Crippen molar-refractivity contribution in [2.24, 2.45) is 5.92 Å². The number of benzene rings is 2. The van der Waals surface area contributed by atoms with Crippen LogP contribution >= 0.6 is 11.6 Å². The first-order chi connectivity index (χ1) is 12.0. The SMILES string of the molecule is COC(=O)c1ccc(C)c(NC(=O)C2COc3ccc(Cl)cc3C2)c1. The quantitative estimate of drug-likeness (QED) is 0.850. The van der Waals surface area contributed by atoms with Crippen molar-refractivity contribution in [1.82, 2.24) is 0 Å². The Balaban J connectivity index is 1.76. The summed E-state index contributed by atoms with van der Waals surface area (Å²) in [6.45, 7) is 2.17. The maximum absolute atomic E-state index is 12.6. The highest BCUT2D eigenvalue weighted by Gasteiger charge is 2.26. The third-order valence-electron chi connectivity index (χ3n) is 4.22. The van der Waals surface area contributed by atoms with E-state index in [1.807, 2.05) is 19.1 Å². The average molecular weight is 360 g/mol. The molecule has 0 aromatic heterocycles. The first-order valence-electron chi connectivity index (χ1n) is 7.89. The molecule has 1 atom stereocenters. The molecule has 0 saturated heterocycles. The van der Waals surface area contributed by atoms with Gasteiger partial charge in [0.1, 0.15) is 12.4 Å². The minimum Gasteiger partial charge on any atom is -0.492 e. The van der Waals surface area contributed by atoms with Crippen LogP contribution in [0.15, 0.2) is 36.4 Å². The molecule has 0 fully saturated rings. The number of nitrogens with one attached hydrogen (secondary N) is 1. The highest BCUT2D eigenvalue weighted by molar-refractivity contribution is 6.30. The summed E-state index contributed by atoms with van der Waals surface area (Å²) >= 11 is 6.02. The lowest BCUT2D eigenvalue weighted by molar-refractivity contribution is -0.121. The molecule has 6 heteroatoms. The Morgan fingerprint density at radius 1 is 1.24 bits per heavy atom. The average Bonchev–Trinajstić information content (AvgIpc) is 2.62. The number of methoxy groups -OCH3 is 1. The van der Waals surface area contributed by atoms with E-state index in [4.69, 9.17) is 21.1 Å². The number of hydrogen-bond donors (Lipinski definition) is 1. The molecular formula is C19H18ClNO4. The molecule has 25 heavy (non-hydrogen) atoms. The number of carbonyl (C=O) groups is 2. The highest BCUT2D eigenvalue weighted by Crippen LogP contribution is 2.30. The van der Waals surface area contributed by atoms with Gasteiger partial charge in [0.05, 0.1) is 18.6 Å². The number of esters is 1. The monoisotopic (exact) mass is 359 g/mol. The van der Waals surface area contributed by atoms with Gasteiger partial charge in [0.15, 0.2) is 0 Å². The summed E-state index contributed by atoms with van der Waals surface area (Å²) in [5.41, 5.74) is 2.75. The van der Waals surface area contributed by atoms with Crippen molar-refractivity contribution < 1.29 is 19.1 Å². The molecule has 0 spiro atoms. The van der Waals surface area contributed by atoms with Crippen LogP contribution in [-0.4, -0.2) is 25.6 Å². The second-order valence-electron chi connectivity index (χ2n) is 5.97. The van der Waals surface area contributed by atoms with E-state index in [0.29, 0.717) is 29.3 Å². The molecule has 1 heterocycles. The van der Waals surface area contributed by atoms with Crippen LogP contribution in [0.5, 0.6) is 5.75 Å². The summed E-state index contributed by atoms with van der Waals surface area (Å²) in [4.78, 5) is 24.3. The summed E-state index contributed by atoms with van der Waals surface area (Å²) in [6.07, 6.45) is 0.553. The number of rotatable bonds is 3. The van der Waals surface area contributed by atoms with E-state index in [0.717, 1.165) is 16.9 Å². The number of aryl methyl sites for hydroxylation is 1. The van der Waals surface area contributed by atoms with Crippen LogP contribution in [0.1, 0.15) is 21.5 Å². The van der Waals surface area contributed by atoms with Gasteiger partial charge in [-0.2, -0.15) is 0 Å². The highest BCUT2D eigenvalue weighted by atomic mass is 35.5. The van der Waals surface area contributed by atoms with Gasteiger partial charge in [0.2, 0.25) is 5.91 Å². The largest absolute Gasteiger partial charge is 0.492 e. The first-order valence-corrected chi connectivity index (χ1v) is 8.27. The van der Waals surface area contributed by atoms with Gasteiger partial charge >= 0.3 is 5.97 Å². The molecular weight excluding hydrogens is 342 g/mol. The number of anilines is 1. The number of amides is 1. The van der Waals surface area contributed by atoms with Gasteiger partial charge in [0.25, 0.3) is 0 Å². The maximum Gasteiger partial charge on any atom is 0.337 e. The molecule has 1 aliphatic rings. The van der Waals surface area contributed by atoms with Crippen molar-refractivity contribution in [3.63, 3.8) is 0 Å². The Morgan fingerprint density at radius 2 is 2.04 bits per heavy atom. The van der Waals surface area contributed by atoms with Gasteiger partial charge in [-0.3, -0.25) is 4.79 Å². The molecule has 0 radical (unpaired) electrons. The van der Waals surface area contributed by atoms with Crippen LogP contribution in [0.4, 0.5) is 5.69 Å². The number of ether oxygens (including phenoxy) is 2. The van der Waals surface area contributed by atoms with Gasteiger partial charge in [-0.15, -0.1) is 0 Å². The van der Waals surface area contributed by atoms with Crippen molar-refractivity contribution in [3.8, 4) is 5.75 Å². The predicted octanol–water partition coefficient (Wildman–Crippen LogP) is 3.62. The van der Waals surface area contributed by atoms with E-state index >= 15 is 0 Å². The fourth-order valence-corrected chi connectivity index (χ4v) is 2.96. The molecule has 0 saturated carbocycles. The zero-order chi connectivity index (χ0) is 18.0. The molecule has 0 aliphatic carbocycles. The van der Waals surface area contributed by atoms with E-state index in [1.54, 1.807) is 24.3 Å². The molecule has 5 nitrogen and oxygen atoms in total. The maximum atomic E-state index is 12.6. The van der Waals surface area contributed by atoms with Crippen molar-refractivity contribution in [2.45, 2.75) is 13.3 Å². The Hall–Kier alpha value is -2.53. The Morgan fingerprint density at radius 3 is 2.80 bits per heavy atom. The van der Waals surface area contributed by atoms with Crippen LogP contribution in [0.3, 0.4) is 0 Å². The summed E-state index contributed by atoms with van der Waals surface area (Å²) in [7, 11) is 1.32. The van der Waals surface area contributed by atoms with Crippen molar-refractivity contribution >= 4 is 29.2 Å². The molecule has 1 amide bonds. The molecule has 0 bridgehead atoms. The topological polar surface area (TPSA) is 64.6 Å². The van der Waals surface area contributed by atoms with Gasteiger partial charge < -0.3 is 14.8 Å². The zero-order valence-corrected chi connectivity index (χ0v) is 14.7. The molecule has 1 aliphatic heterocycles. The first kappa shape index (κ1) is 17.3. The lowest BCUT2D eigenvalue weighted by Crippen LogP contribution is -2.32. The molecule has 3 rings (SSSR count). The lowest BCUT2D eigenvalue weighted by atomic mass is 9.95. The third kappa shape index (κ3) is 3.77. The van der Waals surface area contributed by atoms with E-state index in [2.05, 4.69) is 5.32 Å². The minimum absolute atomic E-state index is 0.157. The van der Waals surface area contributed by atoms with Crippen LogP contribution in [0.25, 0.3) is 0 Å². The smallest absolute Gasteiger partial charge is 0.337 e. The summed E-state index contributed by atoms with van der Waals surface area (Å²) < 4.78 is 10.4. The second kappa shape index (κ2) is 7.15. The van der Waals surface area contributed by atoms with E-state index in [1.165, 1.54) is 7.11 Å². The predicted molar refractivity (Wildman–Crippen MR) is 95.3 cm³/mol. The van der Waals surface area contributed by atoms with E-state index in [-0.39, 0.29) is 11.8 Å². The Bertz CT molecular complexity index is 834. The fourth-order valence-electron chi connectivity index (χ4n) is 2.77. The molecule has 2 aromatic rings. The lowest BCUT2D eigenvalue weighted by Gasteiger charge is -2.25. The number of carbonyl (C=O) groups excluding carboxylic acids is 2. The van der Waals surface area contributed by atoms with E-state index in [9.17, 15) is 9.59 Å². The van der Waals surface area contributed by atoms with Gasteiger partial charge in [0, 0.05) is 10.7 Å². The minimum atomic E-state index is -0.444. The Kier molecular flexibility index (Phi) is 4.95. The van der Waals surface area contributed by atoms with Crippen LogP contribution in [-0.2, 0) is 16.0 Å². The molecule has 1 N–H and O–H groups in total. The van der Waals surface area contributed by atoms with Gasteiger partial charge in [-0.25, -0.2) is 4.79 Å². The molecule has 1 unspecified atom stereocenters. The third-order valence-corrected chi connectivity index (χ3v) is 4.45. The molecule has 130 valence electrons. The second-order valence-corrected chi connectivity index (χ2v) is 6.41. The van der Waals surface area contributed by atoms with Crippen molar-refractivity contribution in [3.05, 3.63) is 58.1 Å². The van der Waals surface area contributed by atoms with Gasteiger partial charge in [-0.1, -0.05) is 17.7 Å². The summed E-state index contributed by atoms with van der Waals surface area (Å²) in [5, 5.41) is 3.50. The van der Waals surface area contributed by atoms with Gasteiger partial charge in [-0.05, 0) is 54.8 Å². The summed E-state index contributed by atoms with van der Waals surface area (Å²) in [6, 6.07) is 10.5. The van der Waals surface area contributed by atoms with Crippen LogP contribution < -0.4 is 10.1 Å². The number of fused-ring (bicyclic) bond motifs is 1.